The SMILES string of the molecule is CC1SCCN(c2ccc([C@H](C)O)nc2)C1C. The van der Waals surface area contributed by atoms with Crippen LogP contribution in [0.3, 0.4) is 0 Å². The van der Waals surface area contributed by atoms with Gasteiger partial charge in [0.2, 0.25) is 0 Å². The van der Waals surface area contributed by atoms with Crippen molar-refractivity contribution in [1.82, 2.24) is 4.98 Å². The Morgan fingerprint density at radius 2 is 2.24 bits per heavy atom. The Balaban J connectivity index is 2.16. The molecule has 2 rings (SSSR count). The van der Waals surface area contributed by atoms with Gasteiger partial charge in [0, 0.05) is 23.6 Å². The molecule has 2 unspecified atom stereocenters. The van der Waals surface area contributed by atoms with Gasteiger partial charge in [-0.25, -0.2) is 0 Å². The molecule has 1 aromatic rings. The number of thioether (sulfide) groups is 1. The normalized spacial score (nSPS) is 26.9. The second kappa shape index (κ2) is 5.27. The van der Waals surface area contributed by atoms with Gasteiger partial charge in [-0.1, -0.05) is 6.92 Å². The Morgan fingerprint density at radius 3 is 2.82 bits per heavy atom. The Hall–Kier alpha value is -0.740. The van der Waals surface area contributed by atoms with E-state index in [1.165, 1.54) is 5.75 Å². The molecular formula is C13H20N2OS. The third-order valence-corrected chi connectivity index (χ3v) is 4.75. The van der Waals surface area contributed by atoms with Gasteiger partial charge in [-0.3, -0.25) is 4.98 Å². The van der Waals surface area contributed by atoms with Crippen LogP contribution in [0.15, 0.2) is 18.3 Å². The molecule has 0 bridgehead atoms. The van der Waals surface area contributed by atoms with Crippen molar-refractivity contribution in [3.63, 3.8) is 0 Å². The molecule has 1 aliphatic rings. The minimum Gasteiger partial charge on any atom is -0.387 e. The third-order valence-electron chi connectivity index (χ3n) is 3.41. The summed E-state index contributed by atoms with van der Waals surface area (Å²) in [5, 5.41) is 10.1. The van der Waals surface area contributed by atoms with Gasteiger partial charge in [0.05, 0.1) is 23.7 Å². The molecule has 0 aromatic carbocycles. The first-order valence-electron chi connectivity index (χ1n) is 6.12. The molecule has 1 aromatic heterocycles. The van der Waals surface area contributed by atoms with Gasteiger partial charge >= 0.3 is 0 Å². The average Bonchev–Trinajstić information content (AvgIpc) is 2.33. The number of aliphatic hydroxyl groups is 1. The van der Waals surface area contributed by atoms with Gasteiger partial charge in [0.1, 0.15) is 0 Å². The number of anilines is 1. The second-order valence-corrected chi connectivity index (χ2v) is 6.11. The van der Waals surface area contributed by atoms with E-state index in [-0.39, 0.29) is 0 Å². The Bertz CT molecular complexity index is 366. The summed E-state index contributed by atoms with van der Waals surface area (Å²) in [7, 11) is 0. The smallest absolute Gasteiger partial charge is 0.0931 e. The molecule has 0 amide bonds. The van der Waals surface area contributed by atoms with Crippen molar-refractivity contribution in [2.75, 3.05) is 17.2 Å². The first-order valence-corrected chi connectivity index (χ1v) is 7.16. The van der Waals surface area contributed by atoms with Crippen LogP contribution in [0.1, 0.15) is 32.6 Å². The predicted octanol–water partition coefficient (Wildman–Crippen LogP) is 2.47. The first kappa shape index (κ1) is 12.7. The molecule has 94 valence electrons. The number of pyridine rings is 1. The first-order chi connectivity index (χ1) is 8.09. The summed E-state index contributed by atoms with van der Waals surface area (Å²) >= 11 is 2.03. The molecule has 4 heteroatoms. The molecule has 0 aliphatic carbocycles. The summed E-state index contributed by atoms with van der Waals surface area (Å²) in [5.41, 5.74) is 1.90. The van der Waals surface area contributed by atoms with E-state index in [1.54, 1.807) is 6.92 Å². The molecule has 3 atom stereocenters. The summed E-state index contributed by atoms with van der Waals surface area (Å²) in [6.07, 6.45) is 1.39. The van der Waals surface area contributed by atoms with Gasteiger partial charge in [-0.2, -0.15) is 11.8 Å². The number of nitrogens with zero attached hydrogens (tertiary/aromatic N) is 2. The van der Waals surface area contributed by atoms with Crippen LogP contribution in [0.4, 0.5) is 5.69 Å². The number of hydrogen-bond acceptors (Lipinski definition) is 4. The van der Waals surface area contributed by atoms with Gasteiger partial charge in [-0.15, -0.1) is 0 Å². The maximum atomic E-state index is 9.44. The zero-order valence-corrected chi connectivity index (χ0v) is 11.4. The summed E-state index contributed by atoms with van der Waals surface area (Å²) in [6.45, 7) is 7.36. The highest BCUT2D eigenvalue weighted by atomic mass is 32.2. The van der Waals surface area contributed by atoms with E-state index in [0.717, 1.165) is 17.9 Å². The van der Waals surface area contributed by atoms with Crippen molar-refractivity contribution >= 4 is 17.4 Å². The van der Waals surface area contributed by atoms with Crippen LogP contribution < -0.4 is 4.90 Å². The van der Waals surface area contributed by atoms with Crippen LogP contribution in [0, 0.1) is 0 Å². The van der Waals surface area contributed by atoms with Crippen molar-refractivity contribution in [1.29, 1.82) is 0 Å². The van der Waals surface area contributed by atoms with Crippen molar-refractivity contribution in [3.05, 3.63) is 24.0 Å². The Labute approximate surface area is 107 Å². The van der Waals surface area contributed by atoms with E-state index in [0.29, 0.717) is 11.3 Å². The molecule has 0 saturated carbocycles. The Kier molecular flexibility index (Phi) is 3.94. The van der Waals surface area contributed by atoms with E-state index >= 15 is 0 Å². The molecule has 1 fully saturated rings. The van der Waals surface area contributed by atoms with Crippen LogP contribution in [-0.4, -0.2) is 33.7 Å². The van der Waals surface area contributed by atoms with Crippen LogP contribution in [0.5, 0.6) is 0 Å². The maximum absolute atomic E-state index is 9.44. The molecule has 0 radical (unpaired) electrons. The summed E-state index contributed by atoms with van der Waals surface area (Å²) in [6, 6.07) is 4.51. The van der Waals surface area contributed by atoms with Crippen molar-refractivity contribution < 1.29 is 5.11 Å². The van der Waals surface area contributed by atoms with E-state index < -0.39 is 6.10 Å². The third kappa shape index (κ3) is 2.75. The average molecular weight is 252 g/mol. The summed E-state index contributed by atoms with van der Waals surface area (Å²) in [4.78, 5) is 6.72. The van der Waals surface area contributed by atoms with E-state index in [9.17, 15) is 5.11 Å². The molecule has 17 heavy (non-hydrogen) atoms. The van der Waals surface area contributed by atoms with Gasteiger partial charge in [0.15, 0.2) is 0 Å². The monoisotopic (exact) mass is 252 g/mol. The number of aliphatic hydroxyl groups excluding tert-OH is 1. The van der Waals surface area contributed by atoms with Gasteiger partial charge in [0.25, 0.3) is 0 Å². The molecular weight excluding hydrogens is 232 g/mol. The van der Waals surface area contributed by atoms with Crippen LogP contribution >= 0.6 is 11.8 Å². The fourth-order valence-corrected chi connectivity index (χ4v) is 3.21. The summed E-state index contributed by atoms with van der Waals surface area (Å²) < 4.78 is 0. The highest BCUT2D eigenvalue weighted by Crippen LogP contribution is 2.28. The molecule has 3 nitrogen and oxygen atoms in total. The Morgan fingerprint density at radius 1 is 1.47 bits per heavy atom. The quantitative estimate of drug-likeness (QED) is 0.877. The highest BCUT2D eigenvalue weighted by Gasteiger charge is 2.25. The van der Waals surface area contributed by atoms with Crippen molar-refractivity contribution in [2.24, 2.45) is 0 Å². The fourth-order valence-electron chi connectivity index (χ4n) is 2.11. The lowest BCUT2D eigenvalue weighted by molar-refractivity contribution is 0.194. The van der Waals surface area contributed by atoms with Crippen molar-refractivity contribution in [3.8, 4) is 0 Å². The van der Waals surface area contributed by atoms with E-state index in [4.69, 9.17) is 0 Å². The molecule has 0 spiro atoms. The van der Waals surface area contributed by atoms with Crippen LogP contribution in [0.25, 0.3) is 0 Å². The van der Waals surface area contributed by atoms with Crippen molar-refractivity contribution in [2.45, 2.75) is 38.2 Å². The standard InChI is InChI=1S/C13H20N2OS/c1-9-11(3)17-7-6-15(9)12-4-5-13(10(2)16)14-8-12/h4-5,8-11,16H,6-7H2,1-3H3/t9?,10-,11?/m0/s1. The predicted molar refractivity (Wildman–Crippen MR) is 73.6 cm³/mol. The summed E-state index contributed by atoms with van der Waals surface area (Å²) in [5.74, 6) is 1.17. The lowest BCUT2D eigenvalue weighted by Gasteiger charge is -2.39. The lowest BCUT2D eigenvalue weighted by atomic mass is 10.1. The molecule has 2 heterocycles. The fraction of sp³-hybridized carbons (Fsp3) is 0.615. The largest absolute Gasteiger partial charge is 0.387 e. The molecule has 1 aliphatic heterocycles. The number of hydrogen-bond donors (Lipinski definition) is 1. The molecule has 1 saturated heterocycles. The highest BCUT2D eigenvalue weighted by molar-refractivity contribution is 8.00. The second-order valence-electron chi connectivity index (χ2n) is 4.63. The maximum Gasteiger partial charge on any atom is 0.0931 e. The van der Waals surface area contributed by atoms with E-state index in [1.807, 2.05) is 24.0 Å². The number of aromatic nitrogens is 1. The zero-order chi connectivity index (χ0) is 12.4. The lowest BCUT2D eigenvalue weighted by Crippen LogP contribution is -2.44. The van der Waals surface area contributed by atoms with Crippen LogP contribution in [-0.2, 0) is 0 Å². The molecule has 1 N–H and O–H groups in total. The minimum atomic E-state index is -0.489. The van der Waals surface area contributed by atoms with Crippen LogP contribution in [0.2, 0.25) is 0 Å². The number of rotatable bonds is 2. The van der Waals surface area contributed by atoms with Gasteiger partial charge < -0.3 is 10.0 Å². The van der Waals surface area contributed by atoms with Gasteiger partial charge in [-0.05, 0) is 26.0 Å². The topological polar surface area (TPSA) is 36.4 Å². The van der Waals surface area contributed by atoms with E-state index in [2.05, 4.69) is 29.8 Å². The zero-order valence-electron chi connectivity index (χ0n) is 10.6. The minimum absolute atomic E-state index is 0.489.